The second kappa shape index (κ2) is 14.4. The lowest BCUT2D eigenvalue weighted by Crippen LogP contribution is -2.40. The third kappa shape index (κ3) is 6.37. The highest BCUT2D eigenvalue weighted by molar-refractivity contribution is 9.10. The summed E-state index contributed by atoms with van der Waals surface area (Å²) in [4.78, 5) is 33.4. The first-order valence-electron chi connectivity index (χ1n) is 16.4. The van der Waals surface area contributed by atoms with Crippen LogP contribution in [0.25, 0.3) is 34.3 Å². The van der Waals surface area contributed by atoms with E-state index in [4.69, 9.17) is 19.2 Å². The Morgan fingerprint density at radius 1 is 0.882 bits per heavy atom. The standard InChI is InChI=1S/C41H34BrN3O5S/c1-5-50-40(47)36-25(2)43-41-45(38(36)28-16-21-33(48-3)34(23-28)49-4)39(46)35(51-41)24-29-22-32(26-12-8-6-9-13-26)44(31-19-17-30(42)18-20-31)37(29)27-14-10-7-11-15-27/h6-24,38H,5H2,1-4H3/b35-24-/t38-/m0/s1. The van der Waals surface area contributed by atoms with E-state index in [0.717, 1.165) is 38.2 Å². The van der Waals surface area contributed by atoms with Gasteiger partial charge in [0.2, 0.25) is 0 Å². The molecule has 8 nitrogen and oxygen atoms in total. The third-order valence-corrected chi connectivity index (χ3v) is 10.3. The van der Waals surface area contributed by atoms with Crippen molar-refractivity contribution in [3.8, 4) is 39.7 Å². The van der Waals surface area contributed by atoms with Gasteiger partial charge in [0.05, 0.1) is 54.1 Å². The molecule has 0 radical (unpaired) electrons. The number of benzene rings is 4. The molecule has 1 atom stereocenters. The molecule has 4 aromatic carbocycles. The molecule has 256 valence electrons. The van der Waals surface area contributed by atoms with Crippen molar-refractivity contribution in [3.05, 3.63) is 156 Å². The molecule has 51 heavy (non-hydrogen) atoms. The van der Waals surface area contributed by atoms with Crippen molar-refractivity contribution in [2.24, 2.45) is 4.99 Å². The largest absolute Gasteiger partial charge is 0.493 e. The van der Waals surface area contributed by atoms with Gasteiger partial charge in [0, 0.05) is 15.7 Å². The number of nitrogens with zero attached hydrogens (tertiary/aromatic N) is 3. The molecule has 1 aliphatic rings. The number of carbonyl (C=O) groups excluding carboxylic acids is 1. The topological polar surface area (TPSA) is 84.1 Å². The Morgan fingerprint density at radius 2 is 1.55 bits per heavy atom. The number of halogens is 1. The maximum Gasteiger partial charge on any atom is 0.338 e. The summed E-state index contributed by atoms with van der Waals surface area (Å²) in [6.07, 6.45) is 1.93. The first kappa shape index (κ1) is 34.0. The lowest BCUT2D eigenvalue weighted by molar-refractivity contribution is -0.139. The number of esters is 1. The van der Waals surface area contributed by atoms with Crippen molar-refractivity contribution in [1.82, 2.24) is 9.13 Å². The monoisotopic (exact) mass is 759 g/mol. The molecular weight excluding hydrogens is 726 g/mol. The van der Waals surface area contributed by atoms with Crippen molar-refractivity contribution in [1.29, 1.82) is 0 Å². The van der Waals surface area contributed by atoms with Gasteiger partial charge < -0.3 is 18.8 Å². The highest BCUT2D eigenvalue weighted by Crippen LogP contribution is 2.38. The second-order valence-corrected chi connectivity index (χ2v) is 13.7. The first-order chi connectivity index (χ1) is 24.8. The van der Waals surface area contributed by atoms with E-state index < -0.39 is 12.0 Å². The number of aromatic nitrogens is 2. The van der Waals surface area contributed by atoms with Crippen LogP contribution in [0, 0.1) is 0 Å². The zero-order chi connectivity index (χ0) is 35.6. The molecule has 10 heteroatoms. The number of carbonyl (C=O) groups is 1. The molecule has 0 amide bonds. The zero-order valence-electron chi connectivity index (χ0n) is 28.4. The minimum Gasteiger partial charge on any atom is -0.493 e. The summed E-state index contributed by atoms with van der Waals surface area (Å²) in [5, 5.41) is 0. The molecule has 1 aliphatic heterocycles. The van der Waals surface area contributed by atoms with Crippen LogP contribution in [0.2, 0.25) is 0 Å². The molecule has 0 spiro atoms. The zero-order valence-corrected chi connectivity index (χ0v) is 30.8. The van der Waals surface area contributed by atoms with Crippen molar-refractivity contribution < 1.29 is 19.0 Å². The minimum absolute atomic E-state index is 0.181. The maximum atomic E-state index is 14.7. The summed E-state index contributed by atoms with van der Waals surface area (Å²) < 4.78 is 21.9. The van der Waals surface area contributed by atoms with Crippen LogP contribution in [0.5, 0.6) is 11.5 Å². The Labute approximate surface area is 307 Å². The third-order valence-electron chi connectivity index (χ3n) is 8.76. The van der Waals surface area contributed by atoms with Gasteiger partial charge >= 0.3 is 5.97 Å². The van der Waals surface area contributed by atoms with E-state index in [9.17, 15) is 9.59 Å². The molecular formula is C41H34BrN3O5S. The van der Waals surface area contributed by atoms with Crippen LogP contribution < -0.4 is 24.4 Å². The molecule has 3 heterocycles. The average Bonchev–Trinajstić information content (AvgIpc) is 3.68. The number of thiazole rings is 1. The van der Waals surface area contributed by atoms with Crippen LogP contribution in [0.4, 0.5) is 0 Å². The summed E-state index contributed by atoms with van der Waals surface area (Å²) >= 11 is 4.87. The van der Waals surface area contributed by atoms with Crippen LogP contribution >= 0.6 is 27.3 Å². The fourth-order valence-corrected chi connectivity index (χ4v) is 7.78. The fraction of sp³-hybridized carbons (Fsp3) is 0.146. The lowest BCUT2D eigenvalue weighted by Gasteiger charge is -2.25. The van der Waals surface area contributed by atoms with Gasteiger partial charge in [0.25, 0.3) is 5.56 Å². The van der Waals surface area contributed by atoms with Crippen molar-refractivity contribution >= 4 is 39.3 Å². The average molecular weight is 761 g/mol. The van der Waals surface area contributed by atoms with E-state index in [-0.39, 0.29) is 12.2 Å². The van der Waals surface area contributed by atoms with Crippen LogP contribution in [0.1, 0.15) is 31.0 Å². The van der Waals surface area contributed by atoms with Gasteiger partial charge in [0.1, 0.15) is 0 Å². The van der Waals surface area contributed by atoms with Crippen LogP contribution in [-0.2, 0) is 9.53 Å². The highest BCUT2D eigenvalue weighted by Gasteiger charge is 2.34. The second-order valence-electron chi connectivity index (χ2n) is 11.8. The first-order valence-corrected chi connectivity index (χ1v) is 18.0. The molecule has 6 aromatic rings. The summed E-state index contributed by atoms with van der Waals surface area (Å²) in [6, 6.07) is 35.3. The smallest absolute Gasteiger partial charge is 0.338 e. The fourth-order valence-electron chi connectivity index (χ4n) is 6.48. The van der Waals surface area contributed by atoms with E-state index in [1.807, 2.05) is 60.7 Å². The Hall–Kier alpha value is -5.45. The minimum atomic E-state index is -0.803. The molecule has 2 aromatic heterocycles. The number of methoxy groups -OCH3 is 2. The van der Waals surface area contributed by atoms with Crippen molar-refractivity contribution in [2.45, 2.75) is 19.9 Å². The molecule has 0 N–H and O–H groups in total. The van der Waals surface area contributed by atoms with Gasteiger partial charge in [-0.15, -0.1) is 0 Å². The number of hydrogen-bond acceptors (Lipinski definition) is 7. The Morgan fingerprint density at radius 3 is 2.20 bits per heavy atom. The number of fused-ring (bicyclic) bond motifs is 1. The highest BCUT2D eigenvalue weighted by atomic mass is 79.9. The van der Waals surface area contributed by atoms with Gasteiger partial charge in [-0.25, -0.2) is 9.79 Å². The molecule has 0 fully saturated rings. The summed E-state index contributed by atoms with van der Waals surface area (Å²) in [7, 11) is 3.11. The van der Waals surface area contributed by atoms with E-state index in [1.165, 1.54) is 11.3 Å². The quantitative estimate of drug-likeness (QED) is 0.141. The number of hydrogen-bond donors (Lipinski definition) is 0. The molecule has 7 rings (SSSR count). The van der Waals surface area contributed by atoms with Crippen LogP contribution in [0.3, 0.4) is 0 Å². The SMILES string of the molecule is CCOC(=O)C1=C(C)N=c2s/c(=C\c3cc(-c4ccccc4)n(-c4ccc(Br)cc4)c3-c3ccccc3)c(=O)n2[C@H]1c1ccc(OC)c(OC)c1. The Balaban J connectivity index is 1.51. The summed E-state index contributed by atoms with van der Waals surface area (Å²) in [5.74, 6) is 0.480. The van der Waals surface area contributed by atoms with Gasteiger partial charge in [-0.05, 0) is 79.1 Å². The van der Waals surface area contributed by atoms with Gasteiger partial charge in [0.15, 0.2) is 16.3 Å². The molecule has 0 bridgehead atoms. The van der Waals surface area contributed by atoms with Crippen LogP contribution in [-0.4, -0.2) is 35.9 Å². The predicted octanol–water partition coefficient (Wildman–Crippen LogP) is 7.70. The van der Waals surface area contributed by atoms with Crippen LogP contribution in [0.15, 0.2) is 135 Å². The Bertz CT molecular complexity index is 2470. The normalized spacial score (nSPS) is 14.2. The van der Waals surface area contributed by atoms with E-state index in [2.05, 4.69) is 63.0 Å². The lowest BCUT2D eigenvalue weighted by atomic mass is 9.95. The summed E-state index contributed by atoms with van der Waals surface area (Å²) in [5.41, 5.74) is 6.92. The van der Waals surface area contributed by atoms with Gasteiger partial charge in [-0.2, -0.15) is 0 Å². The number of ether oxygens (including phenoxy) is 3. The number of rotatable bonds is 9. The Kier molecular flexibility index (Phi) is 9.62. The summed E-state index contributed by atoms with van der Waals surface area (Å²) in [6.45, 7) is 3.71. The molecule has 0 saturated heterocycles. The maximum absolute atomic E-state index is 14.7. The van der Waals surface area contributed by atoms with Gasteiger partial charge in [-0.3, -0.25) is 9.36 Å². The van der Waals surface area contributed by atoms with E-state index in [1.54, 1.807) is 44.8 Å². The van der Waals surface area contributed by atoms with Crippen molar-refractivity contribution in [3.63, 3.8) is 0 Å². The van der Waals surface area contributed by atoms with Gasteiger partial charge in [-0.1, -0.05) is 94.0 Å². The predicted molar refractivity (Wildman–Crippen MR) is 204 cm³/mol. The van der Waals surface area contributed by atoms with Crippen molar-refractivity contribution in [2.75, 3.05) is 20.8 Å². The molecule has 0 aliphatic carbocycles. The van der Waals surface area contributed by atoms with E-state index in [0.29, 0.717) is 37.7 Å². The molecule has 0 unspecified atom stereocenters. The molecule has 0 saturated carbocycles. The number of allylic oxidation sites excluding steroid dienone is 1. The van der Waals surface area contributed by atoms with E-state index >= 15 is 0 Å².